The summed E-state index contributed by atoms with van der Waals surface area (Å²) in [6.07, 6.45) is 3.15. The first-order chi connectivity index (χ1) is 8.18. The van der Waals surface area contributed by atoms with E-state index in [1.54, 1.807) is 0 Å². The third-order valence-corrected chi connectivity index (χ3v) is 3.17. The quantitative estimate of drug-likeness (QED) is 0.801. The van der Waals surface area contributed by atoms with Crippen molar-refractivity contribution in [2.75, 3.05) is 6.54 Å². The van der Waals surface area contributed by atoms with Crippen molar-refractivity contribution >= 4 is 22.5 Å². The number of hydrogen-bond acceptors (Lipinski definition) is 1. The molecule has 0 unspecified atom stereocenters. The summed E-state index contributed by atoms with van der Waals surface area (Å²) in [6, 6.07) is 8.83. The monoisotopic (exact) mass is 250 g/mol. The zero-order valence-electron chi connectivity index (χ0n) is 10.4. The van der Waals surface area contributed by atoms with E-state index in [0.717, 1.165) is 29.9 Å². The molecule has 0 atom stereocenters. The van der Waals surface area contributed by atoms with Gasteiger partial charge < -0.3 is 9.88 Å². The molecule has 0 bridgehead atoms. The van der Waals surface area contributed by atoms with Crippen LogP contribution in [0.2, 0.25) is 5.02 Å². The van der Waals surface area contributed by atoms with Gasteiger partial charge in [0.25, 0.3) is 0 Å². The molecule has 1 heterocycles. The highest BCUT2D eigenvalue weighted by atomic mass is 35.5. The molecule has 0 spiro atoms. The van der Waals surface area contributed by atoms with Crippen molar-refractivity contribution in [3.05, 3.63) is 35.5 Å². The van der Waals surface area contributed by atoms with Crippen LogP contribution in [0.5, 0.6) is 0 Å². The average molecular weight is 251 g/mol. The molecule has 1 aromatic carbocycles. The first-order valence-electron chi connectivity index (χ1n) is 6.15. The second-order valence-corrected chi connectivity index (χ2v) is 5.06. The van der Waals surface area contributed by atoms with E-state index in [9.17, 15) is 0 Å². The van der Waals surface area contributed by atoms with E-state index >= 15 is 0 Å². The van der Waals surface area contributed by atoms with Crippen LogP contribution in [-0.2, 0) is 6.54 Å². The van der Waals surface area contributed by atoms with Crippen LogP contribution in [0.15, 0.2) is 30.5 Å². The van der Waals surface area contributed by atoms with Crippen LogP contribution < -0.4 is 5.32 Å². The Kier molecular flexibility index (Phi) is 4.08. The number of halogens is 1. The zero-order chi connectivity index (χ0) is 12.3. The molecule has 3 heteroatoms. The Bertz CT molecular complexity index is 488. The number of nitrogens with zero attached hydrogens (tertiary/aromatic N) is 1. The summed E-state index contributed by atoms with van der Waals surface area (Å²) >= 11 is 6.20. The maximum Gasteiger partial charge on any atom is 0.0661 e. The molecule has 2 aromatic rings. The second-order valence-electron chi connectivity index (χ2n) is 4.65. The van der Waals surface area contributed by atoms with Crippen LogP contribution in [0.4, 0.5) is 0 Å². The number of hydrogen-bond donors (Lipinski definition) is 1. The van der Waals surface area contributed by atoms with Gasteiger partial charge in [-0.1, -0.05) is 43.6 Å². The molecule has 0 amide bonds. The Hall–Kier alpha value is -0.990. The molecule has 0 saturated carbocycles. The topological polar surface area (TPSA) is 17.0 Å². The lowest BCUT2D eigenvalue weighted by molar-refractivity contribution is 0.541. The molecular formula is C14H19ClN2. The second kappa shape index (κ2) is 5.56. The summed E-state index contributed by atoms with van der Waals surface area (Å²) < 4.78 is 2.24. The van der Waals surface area contributed by atoms with Gasteiger partial charge in [-0.2, -0.15) is 0 Å². The summed E-state index contributed by atoms with van der Waals surface area (Å²) in [7, 11) is 0. The Morgan fingerprint density at radius 1 is 1.29 bits per heavy atom. The van der Waals surface area contributed by atoms with E-state index in [2.05, 4.69) is 41.9 Å². The number of nitrogens with one attached hydrogen (secondary N) is 1. The molecule has 0 radical (unpaired) electrons. The van der Waals surface area contributed by atoms with Gasteiger partial charge in [-0.05, 0) is 19.0 Å². The molecule has 17 heavy (non-hydrogen) atoms. The number of fused-ring (bicyclic) bond motifs is 1. The highest BCUT2D eigenvalue weighted by Crippen LogP contribution is 2.25. The molecule has 1 N–H and O–H groups in total. The Morgan fingerprint density at radius 3 is 2.82 bits per heavy atom. The van der Waals surface area contributed by atoms with Gasteiger partial charge in [0.05, 0.1) is 5.02 Å². The van der Waals surface area contributed by atoms with Crippen LogP contribution in [0.25, 0.3) is 10.9 Å². The SMILES string of the molecule is CC(C)NCCCn1cc(Cl)c2ccccc21. The molecule has 2 rings (SSSR count). The predicted octanol–water partition coefficient (Wildman–Crippen LogP) is 3.68. The molecule has 0 aliphatic rings. The lowest BCUT2D eigenvalue weighted by Crippen LogP contribution is -2.24. The maximum atomic E-state index is 6.20. The van der Waals surface area contributed by atoms with E-state index < -0.39 is 0 Å². The number of aromatic nitrogens is 1. The van der Waals surface area contributed by atoms with Crippen molar-refractivity contribution in [3.63, 3.8) is 0 Å². The van der Waals surface area contributed by atoms with Crippen molar-refractivity contribution in [2.45, 2.75) is 32.9 Å². The van der Waals surface area contributed by atoms with Crippen molar-refractivity contribution in [1.29, 1.82) is 0 Å². The highest BCUT2D eigenvalue weighted by Gasteiger charge is 2.05. The lowest BCUT2D eigenvalue weighted by Gasteiger charge is -2.09. The molecule has 0 aliphatic carbocycles. The molecular weight excluding hydrogens is 232 g/mol. The summed E-state index contributed by atoms with van der Waals surface area (Å²) in [6.45, 7) is 6.39. The van der Waals surface area contributed by atoms with Crippen LogP contribution in [0.3, 0.4) is 0 Å². The van der Waals surface area contributed by atoms with Crippen LogP contribution in [-0.4, -0.2) is 17.2 Å². The minimum absolute atomic E-state index is 0.556. The first kappa shape index (κ1) is 12.5. The Morgan fingerprint density at radius 2 is 2.06 bits per heavy atom. The van der Waals surface area contributed by atoms with Gasteiger partial charge in [-0.15, -0.1) is 0 Å². The largest absolute Gasteiger partial charge is 0.346 e. The fraction of sp³-hybridized carbons (Fsp3) is 0.429. The molecule has 92 valence electrons. The van der Waals surface area contributed by atoms with Gasteiger partial charge in [0.1, 0.15) is 0 Å². The van der Waals surface area contributed by atoms with E-state index in [4.69, 9.17) is 11.6 Å². The van der Waals surface area contributed by atoms with E-state index in [1.165, 1.54) is 5.52 Å². The van der Waals surface area contributed by atoms with Crippen molar-refractivity contribution in [3.8, 4) is 0 Å². The zero-order valence-corrected chi connectivity index (χ0v) is 11.2. The van der Waals surface area contributed by atoms with Crippen molar-refractivity contribution in [2.24, 2.45) is 0 Å². The number of benzene rings is 1. The van der Waals surface area contributed by atoms with Gasteiger partial charge in [0.15, 0.2) is 0 Å². The minimum Gasteiger partial charge on any atom is -0.346 e. The average Bonchev–Trinajstić information content (AvgIpc) is 2.63. The standard InChI is InChI=1S/C14H19ClN2/c1-11(2)16-8-5-9-17-10-13(15)12-6-3-4-7-14(12)17/h3-4,6-7,10-11,16H,5,8-9H2,1-2H3. The molecule has 0 aliphatic heterocycles. The van der Waals surface area contributed by atoms with E-state index in [1.807, 2.05) is 12.3 Å². The molecule has 2 nitrogen and oxygen atoms in total. The normalized spacial score (nSPS) is 11.5. The lowest BCUT2D eigenvalue weighted by atomic mass is 10.2. The molecule has 1 aromatic heterocycles. The van der Waals surface area contributed by atoms with Gasteiger partial charge in [0, 0.05) is 29.7 Å². The Labute approximate surface area is 108 Å². The Balaban J connectivity index is 2.04. The number of aryl methyl sites for hydroxylation is 1. The third-order valence-electron chi connectivity index (χ3n) is 2.87. The van der Waals surface area contributed by atoms with Crippen LogP contribution in [0.1, 0.15) is 20.3 Å². The summed E-state index contributed by atoms with van der Waals surface area (Å²) in [4.78, 5) is 0. The maximum absolute atomic E-state index is 6.20. The fourth-order valence-electron chi connectivity index (χ4n) is 2.03. The molecule has 0 saturated heterocycles. The third kappa shape index (κ3) is 3.02. The number of rotatable bonds is 5. The van der Waals surface area contributed by atoms with E-state index in [0.29, 0.717) is 6.04 Å². The minimum atomic E-state index is 0.556. The summed E-state index contributed by atoms with van der Waals surface area (Å²) in [5, 5.41) is 5.41. The van der Waals surface area contributed by atoms with Crippen LogP contribution in [0, 0.1) is 0 Å². The summed E-state index contributed by atoms with van der Waals surface area (Å²) in [5.41, 5.74) is 1.22. The van der Waals surface area contributed by atoms with Gasteiger partial charge in [-0.3, -0.25) is 0 Å². The van der Waals surface area contributed by atoms with Gasteiger partial charge in [0.2, 0.25) is 0 Å². The highest BCUT2D eigenvalue weighted by molar-refractivity contribution is 6.35. The first-order valence-corrected chi connectivity index (χ1v) is 6.53. The predicted molar refractivity (Wildman–Crippen MR) is 74.7 cm³/mol. The smallest absolute Gasteiger partial charge is 0.0661 e. The van der Waals surface area contributed by atoms with Gasteiger partial charge in [-0.25, -0.2) is 0 Å². The van der Waals surface area contributed by atoms with Gasteiger partial charge >= 0.3 is 0 Å². The van der Waals surface area contributed by atoms with Crippen molar-refractivity contribution in [1.82, 2.24) is 9.88 Å². The van der Waals surface area contributed by atoms with Crippen molar-refractivity contribution < 1.29 is 0 Å². The fourth-order valence-corrected chi connectivity index (χ4v) is 2.30. The molecule has 0 fully saturated rings. The summed E-state index contributed by atoms with van der Waals surface area (Å²) in [5.74, 6) is 0. The van der Waals surface area contributed by atoms with E-state index in [-0.39, 0.29) is 0 Å². The number of para-hydroxylation sites is 1. The van der Waals surface area contributed by atoms with Crippen LogP contribution >= 0.6 is 11.6 Å².